The Balaban J connectivity index is 1.82. The van der Waals surface area contributed by atoms with Crippen molar-refractivity contribution in [3.05, 3.63) is 24.5 Å². The van der Waals surface area contributed by atoms with Crippen LogP contribution in [-0.4, -0.2) is 28.0 Å². The van der Waals surface area contributed by atoms with E-state index in [0.717, 1.165) is 34.9 Å². The SMILES string of the molecule is Nc1ccc2c(NCC3CCSC3)ncnc2c1. The third kappa shape index (κ3) is 2.36. The molecule has 18 heavy (non-hydrogen) atoms. The zero-order chi connectivity index (χ0) is 12.4. The predicted octanol–water partition coefficient (Wildman–Crippen LogP) is 2.38. The van der Waals surface area contributed by atoms with Crippen LogP contribution in [0.2, 0.25) is 0 Å². The molecule has 0 radical (unpaired) electrons. The fourth-order valence-corrected chi connectivity index (χ4v) is 3.48. The molecule has 5 heteroatoms. The lowest BCUT2D eigenvalue weighted by Gasteiger charge is -2.12. The van der Waals surface area contributed by atoms with Gasteiger partial charge in [-0.25, -0.2) is 9.97 Å². The van der Waals surface area contributed by atoms with E-state index in [-0.39, 0.29) is 0 Å². The maximum absolute atomic E-state index is 5.76. The lowest BCUT2D eigenvalue weighted by molar-refractivity contribution is 0.631. The van der Waals surface area contributed by atoms with Crippen molar-refractivity contribution in [3.63, 3.8) is 0 Å². The smallest absolute Gasteiger partial charge is 0.137 e. The number of nitrogens with zero attached hydrogens (tertiary/aromatic N) is 2. The van der Waals surface area contributed by atoms with Crippen LogP contribution in [0.3, 0.4) is 0 Å². The molecule has 0 amide bonds. The van der Waals surface area contributed by atoms with Crippen LogP contribution in [0.15, 0.2) is 24.5 Å². The van der Waals surface area contributed by atoms with Gasteiger partial charge in [-0.1, -0.05) is 0 Å². The van der Waals surface area contributed by atoms with Crippen LogP contribution in [0.5, 0.6) is 0 Å². The van der Waals surface area contributed by atoms with Gasteiger partial charge in [-0.3, -0.25) is 0 Å². The minimum atomic E-state index is 0.736. The van der Waals surface area contributed by atoms with E-state index in [9.17, 15) is 0 Å². The Hall–Kier alpha value is -1.49. The molecular weight excluding hydrogens is 244 g/mol. The van der Waals surface area contributed by atoms with Crippen molar-refractivity contribution in [3.8, 4) is 0 Å². The van der Waals surface area contributed by atoms with Crippen LogP contribution in [-0.2, 0) is 0 Å². The van der Waals surface area contributed by atoms with E-state index in [4.69, 9.17) is 5.73 Å². The molecule has 1 aromatic carbocycles. The van der Waals surface area contributed by atoms with Gasteiger partial charge in [-0.2, -0.15) is 11.8 Å². The highest BCUT2D eigenvalue weighted by Gasteiger charge is 2.15. The second kappa shape index (κ2) is 5.02. The molecule has 2 aromatic rings. The molecule has 1 unspecified atom stereocenters. The standard InChI is InChI=1S/C13H16N4S/c14-10-1-2-11-12(5-10)16-8-17-13(11)15-6-9-3-4-18-7-9/h1-2,5,8-9H,3-4,6-7,14H2,(H,15,16,17). The normalized spacial score (nSPS) is 19.2. The molecule has 3 rings (SSSR count). The molecule has 3 N–H and O–H groups in total. The fourth-order valence-electron chi connectivity index (χ4n) is 2.20. The molecule has 0 aliphatic carbocycles. The van der Waals surface area contributed by atoms with Gasteiger partial charge in [-0.05, 0) is 42.0 Å². The fraction of sp³-hybridized carbons (Fsp3) is 0.385. The zero-order valence-corrected chi connectivity index (χ0v) is 10.9. The van der Waals surface area contributed by atoms with Crippen molar-refractivity contribution < 1.29 is 0 Å². The van der Waals surface area contributed by atoms with Crippen LogP contribution >= 0.6 is 11.8 Å². The number of nitrogens with two attached hydrogens (primary N) is 1. The van der Waals surface area contributed by atoms with Gasteiger partial charge in [-0.15, -0.1) is 0 Å². The topological polar surface area (TPSA) is 63.8 Å². The molecule has 0 spiro atoms. The average Bonchev–Trinajstić information content (AvgIpc) is 2.89. The first-order valence-corrected chi connectivity index (χ1v) is 7.30. The molecule has 1 fully saturated rings. The molecule has 1 atom stereocenters. The quantitative estimate of drug-likeness (QED) is 0.830. The first kappa shape index (κ1) is 11.6. The highest BCUT2D eigenvalue weighted by atomic mass is 32.2. The van der Waals surface area contributed by atoms with Crippen LogP contribution in [0.1, 0.15) is 6.42 Å². The first-order valence-electron chi connectivity index (χ1n) is 6.15. The average molecular weight is 260 g/mol. The van der Waals surface area contributed by atoms with E-state index in [1.165, 1.54) is 17.9 Å². The van der Waals surface area contributed by atoms with Gasteiger partial charge in [0.15, 0.2) is 0 Å². The minimum absolute atomic E-state index is 0.736. The number of aromatic nitrogens is 2. The van der Waals surface area contributed by atoms with Crippen LogP contribution in [0.4, 0.5) is 11.5 Å². The molecule has 1 aliphatic rings. The lowest BCUT2D eigenvalue weighted by Crippen LogP contribution is -2.14. The summed E-state index contributed by atoms with van der Waals surface area (Å²) in [6.45, 7) is 0.990. The Morgan fingerprint density at radius 2 is 2.33 bits per heavy atom. The van der Waals surface area contributed by atoms with Gasteiger partial charge in [0, 0.05) is 17.6 Å². The van der Waals surface area contributed by atoms with Crippen molar-refractivity contribution in [2.75, 3.05) is 29.1 Å². The first-order chi connectivity index (χ1) is 8.83. The summed E-state index contributed by atoms with van der Waals surface area (Å²) in [5, 5.41) is 4.48. The summed E-state index contributed by atoms with van der Waals surface area (Å²) in [6, 6.07) is 5.76. The molecule has 94 valence electrons. The number of fused-ring (bicyclic) bond motifs is 1. The Kier molecular flexibility index (Phi) is 3.23. The van der Waals surface area contributed by atoms with Crippen molar-refractivity contribution in [1.29, 1.82) is 0 Å². The Morgan fingerprint density at radius 3 is 3.17 bits per heavy atom. The summed E-state index contributed by atoms with van der Waals surface area (Å²) < 4.78 is 0. The summed E-state index contributed by atoms with van der Waals surface area (Å²) in [5.74, 6) is 4.21. The van der Waals surface area contributed by atoms with Gasteiger partial charge in [0.1, 0.15) is 12.1 Å². The number of nitrogen functional groups attached to an aromatic ring is 1. The molecule has 4 nitrogen and oxygen atoms in total. The zero-order valence-electron chi connectivity index (χ0n) is 10.1. The van der Waals surface area contributed by atoms with Gasteiger partial charge >= 0.3 is 0 Å². The third-order valence-electron chi connectivity index (χ3n) is 3.24. The number of anilines is 2. The Morgan fingerprint density at radius 1 is 1.39 bits per heavy atom. The summed E-state index contributed by atoms with van der Waals surface area (Å²) in [4.78, 5) is 8.57. The number of nitrogens with one attached hydrogen (secondary N) is 1. The third-order valence-corrected chi connectivity index (χ3v) is 4.47. The lowest BCUT2D eigenvalue weighted by atomic mass is 10.1. The van der Waals surface area contributed by atoms with E-state index in [1.807, 2.05) is 30.0 Å². The van der Waals surface area contributed by atoms with Crippen molar-refractivity contribution in [2.45, 2.75) is 6.42 Å². The number of thioether (sulfide) groups is 1. The maximum Gasteiger partial charge on any atom is 0.137 e. The van der Waals surface area contributed by atoms with Crippen molar-refractivity contribution in [2.24, 2.45) is 5.92 Å². The molecule has 1 saturated heterocycles. The molecule has 2 heterocycles. The van der Waals surface area contributed by atoms with Gasteiger partial charge < -0.3 is 11.1 Å². The highest BCUT2D eigenvalue weighted by molar-refractivity contribution is 7.99. The number of benzene rings is 1. The molecule has 1 aliphatic heterocycles. The van der Waals surface area contributed by atoms with E-state index >= 15 is 0 Å². The van der Waals surface area contributed by atoms with Crippen LogP contribution in [0.25, 0.3) is 10.9 Å². The molecular formula is C13H16N4S. The van der Waals surface area contributed by atoms with Crippen LogP contribution in [0, 0.1) is 5.92 Å². The van der Waals surface area contributed by atoms with Crippen LogP contribution < -0.4 is 11.1 Å². The van der Waals surface area contributed by atoms with Gasteiger partial charge in [0.2, 0.25) is 0 Å². The van der Waals surface area contributed by atoms with E-state index in [1.54, 1.807) is 6.33 Å². The largest absolute Gasteiger partial charge is 0.399 e. The molecule has 0 bridgehead atoms. The Labute approximate surface area is 110 Å². The van der Waals surface area contributed by atoms with Crippen molar-refractivity contribution in [1.82, 2.24) is 9.97 Å². The number of hydrogen-bond acceptors (Lipinski definition) is 5. The second-order valence-corrected chi connectivity index (χ2v) is 5.76. The minimum Gasteiger partial charge on any atom is -0.399 e. The van der Waals surface area contributed by atoms with E-state index in [2.05, 4.69) is 15.3 Å². The summed E-state index contributed by atoms with van der Waals surface area (Å²) in [6.07, 6.45) is 2.89. The Bertz CT molecular complexity index is 552. The summed E-state index contributed by atoms with van der Waals surface area (Å²) in [7, 11) is 0. The van der Waals surface area contributed by atoms with Crippen molar-refractivity contribution >= 4 is 34.2 Å². The van der Waals surface area contributed by atoms with Gasteiger partial charge in [0.25, 0.3) is 0 Å². The molecule has 0 saturated carbocycles. The van der Waals surface area contributed by atoms with Gasteiger partial charge in [0.05, 0.1) is 5.52 Å². The summed E-state index contributed by atoms with van der Waals surface area (Å²) in [5.41, 5.74) is 7.40. The van der Waals surface area contributed by atoms with E-state index < -0.39 is 0 Å². The monoisotopic (exact) mass is 260 g/mol. The molecule has 1 aromatic heterocycles. The summed E-state index contributed by atoms with van der Waals surface area (Å²) >= 11 is 2.03. The number of hydrogen-bond donors (Lipinski definition) is 2. The highest BCUT2D eigenvalue weighted by Crippen LogP contribution is 2.25. The second-order valence-electron chi connectivity index (χ2n) is 4.61. The van der Waals surface area contributed by atoms with E-state index in [0.29, 0.717) is 0 Å². The maximum atomic E-state index is 5.76. The predicted molar refractivity (Wildman–Crippen MR) is 77.9 cm³/mol. The number of rotatable bonds is 3.